The van der Waals surface area contributed by atoms with Gasteiger partial charge in [-0.2, -0.15) is 11.3 Å². The lowest BCUT2D eigenvalue weighted by Crippen LogP contribution is -2.45. The molecule has 2 amide bonds. The molecule has 2 aromatic rings. The Bertz CT molecular complexity index is 896. The molecule has 2 aliphatic heterocycles. The zero-order valence-electron chi connectivity index (χ0n) is 17.1. The van der Waals surface area contributed by atoms with Gasteiger partial charge in [0, 0.05) is 49.0 Å². The largest absolute Gasteiger partial charge is 0.348 e. The maximum absolute atomic E-state index is 13.0. The minimum atomic E-state index is -0.0581. The third kappa shape index (κ3) is 4.36. The summed E-state index contributed by atoms with van der Waals surface area (Å²) < 4.78 is 0. The third-order valence-electron chi connectivity index (χ3n) is 6.09. The number of carbonyl (C=O) groups is 2. The number of pyridine rings is 1. The predicted octanol–water partition coefficient (Wildman–Crippen LogP) is 2.61. The highest BCUT2D eigenvalue weighted by Crippen LogP contribution is 2.26. The first-order valence-corrected chi connectivity index (χ1v) is 11.2. The standard InChI is InChI=1S/C22H28N4O2S/c1-15-20(11-24-21(27)17-6-9-29-14-17)19-5-8-26(13-18(19)10-23-15)22(28)16-4-3-7-25(2)12-16/h6,9-10,14,16H,3-5,7-8,11-13H2,1-2H3,(H,24,27)/t16-/m0/s1. The molecule has 7 heteroatoms. The van der Waals surface area contributed by atoms with Gasteiger partial charge in [-0.1, -0.05) is 0 Å². The van der Waals surface area contributed by atoms with Crippen molar-refractivity contribution < 1.29 is 9.59 Å². The zero-order chi connectivity index (χ0) is 20.4. The van der Waals surface area contributed by atoms with E-state index in [-0.39, 0.29) is 17.7 Å². The topological polar surface area (TPSA) is 65.5 Å². The van der Waals surface area contributed by atoms with Crippen molar-refractivity contribution in [2.75, 3.05) is 26.7 Å². The number of thiophene rings is 1. The van der Waals surface area contributed by atoms with Crippen LogP contribution in [0.1, 0.15) is 45.6 Å². The Morgan fingerprint density at radius 3 is 2.97 bits per heavy atom. The zero-order valence-corrected chi connectivity index (χ0v) is 17.9. The maximum Gasteiger partial charge on any atom is 0.252 e. The van der Waals surface area contributed by atoms with E-state index in [1.165, 1.54) is 16.9 Å². The molecule has 0 unspecified atom stereocenters. The molecule has 0 aliphatic carbocycles. The van der Waals surface area contributed by atoms with Gasteiger partial charge in [-0.05, 0) is 67.9 Å². The highest BCUT2D eigenvalue weighted by atomic mass is 32.1. The van der Waals surface area contributed by atoms with Gasteiger partial charge < -0.3 is 15.1 Å². The van der Waals surface area contributed by atoms with E-state index in [1.54, 1.807) is 0 Å². The number of nitrogens with one attached hydrogen (secondary N) is 1. The minimum absolute atomic E-state index is 0.0581. The van der Waals surface area contributed by atoms with Crippen molar-refractivity contribution in [3.8, 4) is 0 Å². The summed E-state index contributed by atoms with van der Waals surface area (Å²) in [5.41, 5.74) is 5.09. The van der Waals surface area contributed by atoms with Crippen LogP contribution < -0.4 is 5.32 Å². The molecule has 1 atom stereocenters. The van der Waals surface area contributed by atoms with Crippen LogP contribution >= 0.6 is 11.3 Å². The molecule has 2 aliphatic rings. The average molecular weight is 413 g/mol. The molecule has 1 N–H and O–H groups in total. The van der Waals surface area contributed by atoms with E-state index in [1.807, 2.05) is 34.8 Å². The molecule has 0 saturated carbocycles. The SMILES string of the molecule is Cc1ncc2c(c1CNC(=O)c1ccsc1)CCN(C(=O)[C@H]1CCCN(C)C1)C2. The lowest BCUT2D eigenvalue weighted by molar-refractivity contribution is -0.138. The Morgan fingerprint density at radius 2 is 2.21 bits per heavy atom. The van der Waals surface area contributed by atoms with Gasteiger partial charge >= 0.3 is 0 Å². The molecule has 154 valence electrons. The number of rotatable bonds is 4. The number of fused-ring (bicyclic) bond motifs is 1. The number of amides is 2. The fourth-order valence-electron chi connectivity index (χ4n) is 4.44. The summed E-state index contributed by atoms with van der Waals surface area (Å²) in [6.07, 6.45) is 4.79. The summed E-state index contributed by atoms with van der Waals surface area (Å²) >= 11 is 1.52. The first-order valence-electron chi connectivity index (χ1n) is 10.3. The van der Waals surface area contributed by atoms with Crippen LogP contribution in [0.5, 0.6) is 0 Å². The molecule has 1 saturated heterocycles. The van der Waals surface area contributed by atoms with Crippen molar-refractivity contribution >= 4 is 23.2 Å². The number of piperidine rings is 1. The molecular formula is C22H28N4O2S. The average Bonchev–Trinajstić information content (AvgIpc) is 3.27. The summed E-state index contributed by atoms with van der Waals surface area (Å²) in [6.45, 7) is 5.75. The number of hydrogen-bond acceptors (Lipinski definition) is 5. The van der Waals surface area contributed by atoms with Crippen LogP contribution in [-0.2, 0) is 24.3 Å². The van der Waals surface area contributed by atoms with Crippen molar-refractivity contribution in [1.82, 2.24) is 20.1 Å². The normalized spacial score (nSPS) is 19.7. The van der Waals surface area contributed by atoms with Crippen LogP contribution in [-0.4, -0.2) is 53.3 Å². The Morgan fingerprint density at radius 1 is 1.34 bits per heavy atom. The number of aromatic nitrogens is 1. The van der Waals surface area contributed by atoms with Crippen LogP contribution in [0.4, 0.5) is 0 Å². The van der Waals surface area contributed by atoms with E-state index in [2.05, 4.69) is 22.2 Å². The van der Waals surface area contributed by atoms with Crippen LogP contribution in [0.25, 0.3) is 0 Å². The van der Waals surface area contributed by atoms with Gasteiger partial charge in [0.05, 0.1) is 5.92 Å². The molecule has 6 nitrogen and oxygen atoms in total. The molecule has 2 aromatic heterocycles. The highest BCUT2D eigenvalue weighted by Gasteiger charge is 2.31. The summed E-state index contributed by atoms with van der Waals surface area (Å²) in [7, 11) is 2.09. The molecule has 4 rings (SSSR count). The van der Waals surface area contributed by atoms with Crippen molar-refractivity contribution in [3.63, 3.8) is 0 Å². The molecule has 0 radical (unpaired) electrons. The van der Waals surface area contributed by atoms with Crippen LogP contribution in [0.3, 0.4) is 0 Å². The van der Waals surface area contributed by atoms with Gasteiger partial charge in [0.1, 0.15) is 0 Å². The van der Waals surface area contributed by atoms with Crippen molar-refractivity contribution in [2.24, 2.45) is 5.92 Å². The Labute approximate surface area is 175 Å². The van der Waals surface area contributed by atoms with Crippen molar-refractivity contribution in [1.29, 1.82) is 0 Å². The lowest BCUT2D eigenvalue weighted by atomic mass is 9.92. The predicted molar refractivity (Wildman–Crippen MR) is 114 cm³/mol. The van der Waals surface area contributed by atoms with E-state index >= 15 is 0 Å². The number of aryl methyl sites for hydroxylation is 1. The molecule has 29 heavy (non-hydrogen) atoms. The molecule has 4 heterocycles. The summed E-state index contributed by atoms with van der Waals surface area (Å²) in [5.74, 6) is 0.324. The van der Waals surface area contributed by atoms with Gasteiger partial charge in [0.2, 0.25) is 5.91 Å². The Balaban J connectivity index is 1.46. The van der Waals surface area contributed by atoms with E-state index in [0.29, 0.717) is 18.7 Å². The highest BCUT2D eigenvalue weighted by molar-refractivity contribution is 7.08. The Hall–Kier alpha value is -2.25. The fourth-order valence-corrected chi connectivity index (χ4v) is 5.07. The number of nitrogens with zero attached hydrogens (tertiary/aromatic N) is 3. The Kier molecular flexibility index (Phi) is 5.96. The fraction of sp³-hybridized carbons (Fsp3) is 0.500. The molecule has 1 fully saturated rings. The van der Waals surface area contributed by atoms with Crippen LogP contribution in [0, 0.1) is 12.8 Å². The summed E-state index contributed by atoms with van der Waals surface area (Å²) in [4.78, 5) is 34.2. The molecular weight excluding hydrogens is 384 g/mol. The summed E-state index contributed by atoms with van der Waals surface area (Å²) in [6, 6.07) is 1.83. The van der Waals surface area contributed by atoms with Gasteiger partial charge in [0.15, 0.2) is 0 Å². The van der Waals surface area contributed by atoms with E-state index < -0.39 is 0 Å². The number of likely N-dealkylation sites (tertiary alicyclic amines) is 1. The summed E-state index contributed by atoms with van der Waals surface area (Å²) in [5, 5.41) is 6.78. The van der Waals surface area contributed by atoms with E-state index in [9.17, 15) is 9.59 Å². The van der Waals surface area contributed by atoms with Crippen LogP contribution in [0.15, 0.2) is 23.0 Å². The second-order valence-electron chi connectivity index (χ2n) is 8.13. The van der Waals surface area contributed by atoms with Gasteiger partial charge in [-0.15, -0.1) is 0 Å². The first-order chi connectivity index (χ1) is 14.0. The van der Waals surface area contributed by atoms with Gasteiger partial charge in [0.25, 0.3) is 5.91 Å². The molecule has 0 aromatic carbocycles. The lowest BCUT2D eigenvalue weighted by Gasteiger charge is -2.36. The second kappa shape index (κ2) is 8.63. The smallest absolute Gasteiger partial charge is 0.252 e. The van der Waals surface area contributed by atoms with Crippen molar-refractivity contribution in [3.05, 3.63) is 51.0 Å². The minimum Gasteiger partial charge on any atom is -0.348 e. The maximum atomic E-state index is 13.0. The number of hydrogen-bond donors (Lipinski definition) is 1. The van der Waals surface area contributed by atoms with Crippen molar-refractivity contribution in [2.45, 2.75) is 39.3 Å². The number of carbonyl (C=O) groups excluding carboxylic acids is 2. The van der Waals surface area contributed by atoms with Gasteiger partial charge in [-0.3, -0.25) is 14.6 Å². The molecule has 0 spiro atoms. The third-order valence-corrected chi connectivity index (χ3v) is 6.77. The van der Waals surface area contributed by atoms with Gasteiger partial charge in [-0.25, -0.2) is 0 Å². The van der Waals surface area contributed by atoms with E-state index in [4.69, 9.17) is 0 Å². The quantitative estimate of drug-likeness (QED) is 0.838. The monoisotopic (exact) mass is 412 g/mol. The first kappa shape index (κ1) is 20.0. The van der Waals surface area contributed by atoms with Crippen LogP contribution in [0.2, 0.25) is 0 Å². The second-order valence-corrected chi connectivity index (χ2v) is 8.91. The van der Waals surface area contributed by atoms with E-state index in [0.717, 1.165) is 55.7 Å². The molecule has 0 bridgehead atoms.